The molecule has 5 nitrogen and oxygen atoms in total. The number of anilines is 1. The Bertz CT molecular complexity index is 1090. The molecule has 1 aromatic heterocycles. The van der Waals surface area contributed by atoms with Crippen LogP contribution in [0.3, 0.4) is 0 Å². The highest BCUT2D eigenvalue weighted by molar-refractivity contribution is 7.99. The van der Waals surface area contributed by atoms with Gasteiger partial charge in [-0.25, -0.2) is 4.98 Å². The van der Waals surface area contributed by atoms with E-state index in [1.54, 1.807) is 4.57 Å². The standard InChI is InChI=1S/C22H23N3O2S/c1-3-15(2)25-21(27)17-9-5-6-10-18(17)23-22(25)28-14-20(26)24-13-12-16-8-4-7-11-19(16)24/h4-11,15H,3,12-14H2,1-2H3. The second-order valence-corrected chi connectivity index (χ2v) is 8.00. The first-order valence-corrected chi connectivity index (χ1v) is 10.6. The fraction of sp³-hybridized carbons (Fsp3) is 0.318. The molecule has 0 saturated heterocycles. The van der Waals surface area contributed by atoms with Gasteiger partial charge < -0.3 is 4.90 Å². The van der Waals surface area contributed by atoms with Gasteiger partial charge in [0.25, 0.3) is 5.56 Å². The van der Waals surface area contributed by atoms with Crippen molar-refractivity contribution in [2.45, 2.75) is 37.9 Å². The summed E-state index contributed by atoms with van der Waals surface area (Å²) in [6.45, 7) is 4.77. The number of hydrogen-bond donors (Lipinski definition) is 0. The van der Waals surface area contributed by atoms with Gasteiger partial charge in [0.1, 0.15) is 0 Å². The first-order valence-electron chi connectivity index (χ1n) is 9.62. The van der Waals surface area contributed by atoms with Crippen molar-refractivity contribution >= 4 is 34.3 Å². The topological polar surface area (TPSA) is 55.2 Å². The molecule has 0 radical (unpaired) electrons. The summed E-state index contributed by atoms with van der Waals surface area (Å²) in [4.78, 5) is 32.4. The Balaban J connectivity index is 1.63. The summed E-state index contributed by atoms with van der Waals surface area (Å²) in [5.41, 5.74) is 2.84. The molecule has 3 aromatic rings. The third-order valence-corrected chi connectivity index (χ3v) is 6.26. The second-order valence-electron chi connectivity index (χ2n) is 7.06. The van der Waals surface area contributed by atoms with Gasteiger partial charge >= 0.3 is 0 Å². The smallest absolute Gasteiger partial charge is 0.262 e. The number of hydrogen-bond acceptors (Lipinski definition) is 4. The monoisotopic (exact) mass is 393 g/mol. The number of aromatic nitrogens is 2. The van der Waals surface area contributed by atoms with Crippen LogP contribution in [0.5, 0.6) is 0 Å². The van der Waals surface area contributed by atoms with E-state index in [4.69, 9.17) is 4.98 Å². The number of carbonyl (C=O) groups is 1. The third kappa shape index (κ3) is 3.33. The van der Waals surface area contributed by atoms with Crippen LogP contribution in [0.1, 0.15) is 31.9 Å². The van der Waals surface area contributed by atoms with Crippen LogP contribution in [0, 0.1) is 0 Å². The zero-order valence-corrected chi connectivity index (χ0v) is 16.9. The van der Waals surface area contributed by atoms with Gasteiger partial charge in [0.15, 0.2) is 5.16 Å². The van der Waals surface area contributed by atoms with Crippen molar-refractivity contribution in [3.05, 3.63) is 64.4 Å². The SMILES string of the molecule is CCC(C)n1c(SCC(=O)N2CCc3ccccc32)nc2ccccc2c1=O. The van der Waals surface area contributed by atoms with Gasteiger partial charge in [-0.3, -0.25) is 14.2 Å². The Morgan fingerprint density at radius 2 is 1.93 bits per heavy atom. The molecule has 0 fully saturated rings. The molecule has 2 heterocycles. The van der Waals surface area contributed by atoms with Crippen LogP contribution in [0.15, 0.2) is 58.5 Å². The third-order valence-electron chi connectivity index (χ3n) is 5.32. The Morgan fingerprint density at radius 1 is 1.18 bits per heavy atom. The van der Waals surface area contributed by atoms with Gasteiger partial charge in [-0.1, -0.05) is 49.0 Å². The van der Waals surface area contributed by atoms with Crippen molar-refractivity contribution in [2.75, 3.05) is 17.2 Å². The summed E-state index contributed by atoms with van der Waals surface area (Å²) < 4.78 is 1.73. The summed E-state index contributed by atoms with van der Waals surface area (Å²) in [5.74, 6) is 0.309. The fourth-order valence-electron chi connectivity index (χ4n) is 3.60. The summed E-state index contributed by atoms with van der Waals surface area (Å²) in [5, 5.41) is 1.23. The van der Waals surface area contributed by atoms with E-state index in [1.165, 1.54) is 17.3 Å². The maximum atomic E-state index is 13.0. The van der Waals surface area contributed by atoms with E-state index in [0.29, 0.717) is 22.6 Å². The van der Waals surface area contributed by atoms with Gasteiger partial charge in [-0.05, 0) is 43.5 Å². The highest BCUT2D eigenvalue weighted by atomic mass is 32.2. The average Bonchev–Trinajstić information content (AvgIpc) is 3.16. The van der Waals surface area contributed by atoms with Crippen LogP contribution < -0.4 is 10.5 Å². The lowest BCUT2D eigenvalue weighted by molar-refractivity contribution is -0.116. The molecular formula is C22H23N3O2S. The number of benzene rings is 2. The Kier molecular flexibility index (Phi) is 5.22. The van der Waals surface area contributed by atoms with Crippen molar-refractivity contribution in [2.24, 2.45) is 0 Å². The first-order chi connectivity index (χ1) is 13.6. The van der Waals surface area contributed by atoms with Gasteiger partial charge in [0.05, 0.1) is 16.7 Å². The Hall–Kier alpha value is -2.60. The van der Waals surface area contributed by atoms with Crippen molar-refractivity contribution in [3.8, 4) is 0 Å². The molecule has 6 heteroatoms. The van der Waals surface area contributed by atoms with E-state index >= 15 is 0 Å². The quantitative estimate of drug-likeness (QED) is 0.485. The molecule has 4 rings (SSSR count). The fourth-order valence-corrected chi connectivity index (χ4v) is 4.57. The number of amides is 1. The van der Waals surface area contributed by atoms with Gasteiger partial charge in [-0.15, -0.1) is 0 Å². The summed E-state index contributed by atoms with van der Waals surface area (Å²) >= 11 is 1.35. The van der Waals surface area contributed by atoms with E-state index in [0.717, 1.165) is 18.5 Å². The molecule has 0 spiro atoms. The van der Waals surface area contributed by atoms with Crippen LogP contribution in [0.2, 0.25) is 0 Å². The zero-order chi connectivity index (χ0) is 19.7. The molecule has 1 aliphatic heterocycles. The maximum Gasteiger partial charge on any atom is 0.262 e. The number of fused-ring (bicyclic) bond motifs is 2. The van der Waals surface area contributed by atoms with Crippen LogP contribution in [-0.2, 0) is 11.2 Å². The molecule has 1 unspecified atom stereocenters. The minimum atomic E-state index is -0.0404. The lowest BCUT2D eigenvalue weighted by Gasteiger charge is -2.20. The molecule has 144 valence electrons. The minimum absolute atomic E-state index is 0.0229. The van der Waals surface area contributed by atoms with E-state index in [-0.39, 0.29) is 23.3 Å². The number of nitrogens with zero attached hydrogens (tertiary/aromatic N) is 3. The molecule has 0 aliphatic carbocycles. The highest BCUT2D eigenvalue weighted by Crippen LogP contribution is 2.29. The summed E-state index contributed by atoms with van der Waals surface area (Å²) in [6.07, 6.45) is 1.71. The highest BCUT2D eigenvalue weighted by Gasteiger charge is 2.25. The van der Waals surface area contributed by atoms with E-state index in [9.17, 15) is 9.59 Å². The van der Waals surface area contributed by atoms with Crippen molar-refractivity contribution in [1.82, 2.24) is 9.55 Å². The Morgan fingerprint density at radius 3 is 2.75 bits per heavy atom. The predicted octanol–water partition coefficient (Wildman–Crippen LogP) is 4.05. The number of para-hydroxylation sites is 2. The molecule has 1 amide bonds. The van der Waals surface area contributed by atoms with Crippen LogP contribution in [0.25, 0.3) is 10.9 Å². The minimum Gasteiger partial charge on any atom is -0.311 e. The van der Waals surface area contributed by atoms with Crippen molar-refractivity contribution < 1.29 is 4.79 Å². The lowest BCUT2D eigenvalue weighted by Crippen LogP contribution is -2.31. The normalized spacial score (nSPS) is 14.3. The maximum absolute atomic E-state index is 13.0. The summed E-state index contributed by atoms with van der Waals surface area (Å²) in [6, 6.07) is 15.4. The Labute approximate surface area is 168 Å². The summed E-state index contributed by atoms with van der Waals surface area (Å²) in [7, 11) is 0. The molecular weight excluding hydrogens is 370 g/mol. The van der Waals surface area contributed by atoms with Crippen LogP contribution >= 0.6 is 11.8 Å². The van der Waals surface area contributed by atoms with E-state index < -0.39 is 0 Å². The average molecular weight is 394 g/mol. The zero-order valence-electron chi connectivity index (χ0n) is 16.1. The molecule has 2 aromatic carbocycles. The van der Waals surface area contributed by atoms with Crippen molar-refractivity contribution in [1.29, 1.82) is 0 Å². The second kappa shape index (κ2) is 7.80. The van der Waals surface area contributed by atoms with Gasteiger partial charge in [0, 0.05) is 18.3 Å². The lowest BCUT2D eigenvalue weighted by atomic mass is 10.2. The van der Waals surface area contributed by atoms with Crippen LogP contribution in [-0.4, -0.2) is 27.8 Å². The van der Waals surface area contributed by atoms with Crippen molar-refractivity contribution in [3.63, 3.8) is 0 Å². The number of thioether (sulfide) groups is 1. The van der Waals surface area contributed by atoms with E-state index in [2.05, 4.69) is 6.07 Å². The first kappa shape index (κ1) is 18.7. The van der Waals surface area contributed by atoms with Gasteiger partial charge in [0.2, 0.25) is 5.91 Å². The number of rotatable bonds is 5. The molecule has 0 N–H and O–H groups in total. The molecule has 1 atom stereocenters. The van der Waals surface area contributed by atoms with E-state index in [1.807, 2.05) is 61.2 Å². The molecule has 0 bridgehead atoms. The van der Waals surface area contributed by atoms with Gasteiger partial charge in [-0.2, -0.15) is 0 Å². The largest absolute Gasteiger partial charge is 0.311 e. The van der Waals surface area contributed by atoms with Crippen LogP contribution in [0.4, 0.5) is 5.69 Å². The number of carbonyl (C=O) groups excluding carboxylic acids is 1. The predicted molar refractivity (Wildman–Crippen MR) is 114 cm³/mol. The molecule has 0 saturated carbocycles. The molecule has 28 heavy (non-hydrogen) atoms. The molecule has 1 aliphatic rings.